The molecule has 1 saturated heterocycles. The summed E-state index contributed by atoms with van der Waals surface area (Å²) < 4.78 is 0. The van der Waals surface area contributed by atoms with Crippen LogP contribution < -0.4 is 5.32 Å². The fourth-order valence-corrected chi connectivity index (χ4v) is 3.16. The highest BCUT2D eigenvalue weighted by molar-refractivity contribution is 5.91. The van der Waals surface area contributed by atoms with E-state index in [0.717, 1.165) is 44.5 Å². The van der Waals surface area contributed by atoms with E-state index in [1.165, 1.54) is 0 Å². The van der Waals surface area contributed by atoms with E-state index >= 15 is 0 Å². The number of carbonyl (C=O) groups is 1. The molecule has 3 rings (SSSR count). The number of nitro groups is 1. The van der Waals surface area contributed by atoms with E-state index in [1.807, 2.05) is 24.3 Å². The third kappa shape index (κ3) is 4.86. The van der Waals surface area contributed by atoms with Gasteiger partial charge in [0, 0.05) is 30.8 Å². The highest BCUT2D eigenvalue weighted by Crippen LogP contribution is 2.20. The summed E-state index contributed by atoms with van der Waals surface area (Å²) in [5, 5.41) is 13.6. The van der Waals surface area contributed by atoms with Gasteiger partial charge in [0.15, 0.2) is 0 Å². The molecule has 1 N–H and O–H groups in total. The van der Waals surface area contributed by atoms with Crippen molar-refractivity contribution in [2.24, 2.45) is 5.92 Å². The van der Waals surface area contributed by atoms with Crippen molar-refractivity contribution in [1.29, 1.82) is 0 Å². The molecule has 2 aromatic rings. The van der Waals surface area contributed by atoms with E-state index in [9.17, 15) is 14.9 Å². The molecule has 0 unspecified atom stereocenters. The lowest BCUT2D eigenvalue weighted by Crippen LogP contribution is -2.39. The lowest BCUT2D eigenvalue weighted by molar-refractivity contribution is -0.384. The molecule has 1 fully saturated rings. The van der Waals surface area contributed by atoms with Gasteiger partial charge >= 0.3 is 0 Å². The number of benzene rings is 1. The number of rotatable bonds is 6. The molecule has 0 bridgehead atoms. The van der Waals surface area contributed by atoms with Crippen LogP contribution in [0, 0.1) is 16.0 Å². The molecule has 0 radical (unpaired) electrons. The minimum absolute atomic E-state index is 0.0210. The summed E-state index contributed by atoms with van der Waals surface area (Å²) in [6, 6.07) is 12.2. The van der Waals surface area contributed by atoms with Gasteiger partial charge in [-0.3, -0.25) is 14.9 Å². The topological polar surface area (TPSA) is 88.4 Å². The Bertz CT molecular complexity index is 741. The van der Waals surface area contributed by atoms with Gasteiger partial charge in [-0.1, -0.05) is 18.2 Å². The maximum Gasteiger partial charge on any atom is 0.269 e. The number of nitro benzene ring substituents is 1. The van der Waals surface area contributed by atoms with Gasteiger partial charge in [0.05, 0.1) is 4.92 Å². The van der Waals surface area contributed by atoms with Gasteiger partial charge in [-0.25, -0.2) is 4.98 Å². The highest BCUT2D eigenvalue weighted by Gasteiger charge is 2.25. The number of hydrogen-bond acceptors (Lipinski definition) is 5. The zero-order valence-electron chi connectivity index (χ0n) is 14.5. The Morgan fingerprint density at radius 1 is 1.19 bits per heavy atom. The quantitative estimate of drug-likeness (QED) is 0.636. The zero-order chi connectivity index (χ0) is 18.4. The average Bonchev–Trinajstić information content (AvgIpc) is 2.68. The number of piperidine rings is 1. The van der Waals surface area contributed by atoms with Gasteiger partial charge in [-0.05, 0) is 50.0 Å². The molecule has 136 valence electrons. The minimum Gasteiger partial charge on any atom is -0.310 e. The maximum absolute atomic E-state index is 12.3. The summed E-state index contributed by atoms with van der Waals surface area (Å²) in [7, 11) is 0. The Kier molecular flexibility index (Phi) is 5.91. The molecule has 7 nitrogen and oxygen atoms in total. The number of non-ortho nitro benzene ring substituents is 1. The van der Waals surface area contributed by atoms with Crippen molar-refractivity contribution in [3.63, 3.8) is 0 Å². The van der Waals surface area contributed by atoms with Gasteiger partial charge in [0.1, 0.15) is 5.82 Å². The van der Waals surface area contributed by atoms with Crippen LogP contribution in [-0.4, -0.2) is 40.3 Å². The van der Waals surface area contributed by atoms with Gasteiger partial charge < -0.3 is 10.2 Å². The molecule has 1 aromatic carbocycles. The predicted molar refractivity (Wildman–Crippen MR) is 98.8 cm³/mol. The first-order valence-electron chi connectivity index (χ1n) is 8.79. The number of aromatic nitrogens is 1. The van der Waals surface area contributed by atoms with Crippen molar-refractivity contribution >= 4 is 17.4 Å². The summed E-state index contributed by atoms with van der Waals surface area (Å²) in [6.45, 7) is 2.66. The number of amides is 1. The Morgan fingerprint density at radius 2 is 1.92 bits per heavy atom. The van der Waals surface area contributed by atoms with Crippen LogP contribution in [0.15, 0.2) is 48.7 Å². The standard InChI is InChI=1S/C19H22N4O3/c24-19(21-18-3-1-2-11-20-18)16-9-13-22(14-10-16)12-8-15-4-6-17(7-5-15)23(25)26/h1-7,11,16H,8-10,12-14H2,(H,20,21,24). The van der Waals surface area contributed by atoms with Crippen LogP contribution in [0.2, 0.25) is 0 Å². The molecule has 0 saturated carbocycles. The van der Waals surface area contributed by atoms with Crippen molar-refractivity contribution in [3.8, 4) is 0 Å². The SMILES string of the molecule is O=C(Nc1ccccn1)C1CCN(CCc2ccc([N+](=O)[O-])cc2)CC1. The number of nitrogens with one attached hydrogen (secondary N) is 1. The molecule has 2 heterocycles. The number of likely N-dealkylation sites (tertiary alicyclic amines) is 1. The van der Waals surface area contributed by atoms with Crippen molar-refractivity contribution in [3.05, 3.63) is 64.3 Å². The summed E-state index contributed by atoms with van der Waals surface area (Å²) in [6.07, 6.45) is 4.18. The molecule has 1 aliphatic rings. The van der Waals surface area contributed by atoms with E-state index in [-0.39, 0.29) is 22.4 Å². The number of carbonyl (C=O) groups excluding carboxylic acids is 1. The van der Waals surface area contributed by atoms with Crippen LogP contribution in [-0.2, 0) is 11.2 Å². The number of hydrogen-bond donors (Lipinski definition) is 1. The lowest BCUT2D eigenvalue weighted by atomic mass is 9.95. The monoisotopic (exact) mass is 354 g/mol. The molecule has 0 atom stereocenters. The first-order valence-corrected chi connectivity index (χ1v) is 8.79. The smallest absolute Gasteiger partial charge is 0.269 e. The highest BCUT2D eigenvalue weighted by atomic mass is 16.6. The van der Waals surface area contributed by atoms with Gasteiger partial charge in [0.25, 0.3) is 5.69 Å². The predicted octanol–water partition coefficient (Wildman–Crippen LogP) is 2.88. The van der Waals surface area contributed by atoms with E-state index in [4.69, 9.17) is 0 Å². The van der Waals surface area contributed by atoms with Crippen molar-refractivity contribution in [2.45, 2.75) is 19.3 Å². The van der Waals surface area contributed by atoms with Crippen molar-refractivity contribution in [1.82, 2.24) is 9.88 Å². The van der Waals surface area contributed by atoms with Crippen molar-refractivity contribution in [2.75, 3.05) is 25.0 Å². The number of pyridine rings is 1. The van der Waals surface area contributed by atoms with Gasteiger partial charge in [-0.2, -0.15) is 0 Å². The van der Waals surface area contributed by atoms with E-state index < -0.39 is 0 Å². The fourth-order valence-electron chi connectivity index (χ4n) is 3.16. The van der Waals surface area contributed by atoms with E-state index in [1.54, 1.807) is 24.4 Å². The normalized spacial score (nSPS) is 15.5. The second kappa shape index (κ2) is 8.53. The Hall–Kier alpha value is -2.80. The van der Waals surface area contributed by atoms with Gasteiger partial charge in [-0.15, -0.1) is 0 Å². The molecular formula is C19H22N4O3. The molecule has 1 amide bonds. The lowest BCUT2D eigenvalue weighted by Gasteiger charge is -2.31. The molecular weight excluding hydrogens is 332 g/mol. The van der Waals surface area contributed by atoms with Crippen molar-refractivity contribution < 1.29 is 9.72 Å². The summed E-state index contributed by atoms with van der Waals surface area (Å²) in [4.78, 5) is 29.1. The minimum atomic E-state index is -0.384. The zero-order valence-corrected chi connectivity index (χ0v) is 14.5. The Balaban J connectivity index is 1.42. The van der Waals surface area contributed by atoms with Crippen LogP contribution in [0.4, 0.5) is 11.5 Å². The fraction of sp³-hybridized carbons (Fsp3) is 0.368. The second-order valence-corrected chi connectivity index (χ2v) is 6.49. The van der Waals surface area contributed by atoms with Crippen LogP contribution in [0.3, 0.4) is 0 Å². The number of nitrogens with zero attached hydrogens (tertiary/aromatic N) is 3. The van der Waals surface area contributed by atoms with Crippen LogP contribution in [0.25, 0.3) is 0 Å². The molecule has 26 heavy (non-hydrogen) atoms. The third-order valence-corrected chi connectivity index (χ3v) is 4.74. The molecule has 1 aromatic heterocycles. The largest absolute Gasteiger partial charge is 0.310 e. The maximum atomic E-state index is 12.3. The van der Waals surface area contributed by atoms with Crippen LogP contribution in [0.5, 0.6) is 0 Å². The Labute approximate surface area is 152 Å². The second-order valence-electron chi connectivity index (χ2n) is 6.49. The summed E-state index contributed by atoms with van der Waals surface area (Å²) in [5.74, 6) is 0.657. The first kappa shape index (κ1) is 18.0. The molecule has 7 heteroatoms. The first-order chi connectivity index (χ1) is 12.6. The van der Waals surface area contributed by atoms with Crippen LogP contribution in [0.1, 0.15) is 18.4 Å². The third-order valence-electron chi connectivity index (χ3n) is 4.74. The molecule has 0 spiro atoms. The molecule has 1 aliphatic heterocycles. The van der Waals surface area contributed by atoms with Gasteiger partial charge in [0.2, 0.25) is 5.91 Å². The summed E-state index contributed by atoms with van der Waals surface area (Å²) >= 11 is 0. The number of anilines is 1. The summed E-state index contributed by atoms with van der Waals surface area (Å²) in [5.41, 5.74) is 1.21. The molecule has 0 aliphatic carbocycles. The van der Waals surface area contributed by atoms with E-state index in [2.05, 4.69) is 15.2 Å². The van der Waals surface area contributed by atoms with E-state index in [0.29, 0.717) is 5.82 Å². The van der Waals surface area contributed by atoms with Crippen LogP contribution >= 0.6 is 0 Å². The average molecular weight is 354 g/mol. The Morgan fingerprint density at radius 3 is 2.54 bits per heavy atom.